The molecule has 16 nitrogen and oxygen atoms in total. The van der Waals surface area contributed by atoms with Crippen LogP contribution in [0.2, 0.25) is 0 Å². The number of benzene rings is 2. The molecule has 0 aliphatic rings. The van der Waals surface area contributed by atoms with Crippen molar-refractivity contribution in [2.45, 2.75) is 102 Å². The number of hydrogen-bond donors (Lipinski definition) is 8. The fraction of sp³-hybridized carbons (Fsp3) is 0.349. The van der Waals surface area contributed by atoms with E-state index >= 15 is 0 Å². The third kappa shape index (κ3) is 9.01. The highest BCUT2D eigenvalue weighted by Gasteiger charge is 2.24. The van der Waals surface area contributed by atoms with Crippen LogP contribution in [0.4, 0.5) is 0 Å². The van der Waals surface area contributed by atoms with Crippen LogP contribution in [0.5, 0.6) is 0 Å². The van der Waals surface area contributed by atoms with Crippen molar-refractivity contribution in [1.29, 1.82) is 0 Å². The quantitative estimate of drug-likeness (QED) is 0.0748. The first-order valence-corrected chi connectivity index (χ1v) is 19.5. The summed E-state index contributed by atoms with van der Waals surface area (Å²) in [7, 11) is 0. The van der Waals surface area contributed by atoms with Crippen LogP contribution in [-0.4, -0.2) is 64.4 Å². The van der Waals surface area contributed by atoms with Gasteiger partial charge in [-0.2, -0.15) is 20.4 Å². The minimum atomic E-state index is -0.308. The molecule has 0 saturated heterocycles. The zero-order chi connectivity index (χ0) is 42.7. The minimum Gasteiger partial charge on any atom is -0.347 e. The van der Waals surface area contributed by atoms with E-state index in [0.717, 1.165) is 89.5 Å². The van der Waals surface area contributed by atoms with E-state index in [1.54, 1.807) is 24.3 Å². The topological polar surface area (TPSA) is 231 Å². The molecule has 0 radical (unpaired) electrons. The van der Waals surface area contributed by atoms with Gasteiger partial charge in [0, 0.05) is 49.0 Å². The van der Waals surface area contributed by atoms with Gasteiger partial charge >= 0.3 is 0 Å². The summed E-state index contributed by atoms with van der Waals surface area (Å²) in [6.07, 6.45) is 0.494. The number of rotatable bonds is 14. The molecule has 59 heavy (non-hydrogen) atoms. The van der Waals surface area contributed by atoms with Gasteiger partial charge in [0.15, 0.2) is 0 Å². The summed E-state index contributed by atoms with van der Waals surface area (Å²) < 4.78 is 0. The number of aromatic nitrogens is 8. The number of carbonyl (C=O) groups is 4. The molecular formula is C43H52N12O4. The van der Waals surface area contributed by atoms with Crippen LogP contribution in [0.25, 0.3) is 0 Å². The van der Waals surface area contributed by atoms with E-state index in [1.165, 1.54) is 0 Å². The molecule has 0 aliphatic carbocycles. The molecule has 4 heterocycles. The molecule has 0 aliphatic heterocycles. The molecule has 0 atom stereocenters. The van der Waals surface area contributed by atoms with Gasteiger partial charge < -0.3 is 21.3 Å². The predicted molar refractivity (Wildman–Crippen MR) is 222 cm³/mol. The minimum absolute atomic E-state index is 0.231. The number of hydrogen-bond acceptors (Lipinski definition) is 8. The zero-order valence-corrected chi connectivity index (χ0v) is 35.3. The van der Waals surface area contributed by atoms with Crippen molar-refractivity contribution >= 4 is 23.6 Å². The molecule has 0 saturated carbocycles. The van der Waals surface area contributed by atoms with E-state index in [1.807, 2.05) is 41.5 Å². The average molecular weight is 801 g/mol. The van der Waals surface area contributed by atoms with Crippen molar-refractivity contribution in [1.82, 2.24) is 62.1 Å². The summed E-state index contributed by atoms with van der Waals surface area (Å²) >= 11 is 0. The van der Waals surface area contributed by atoms with E-state index in [2.05, 4.69) is 89.8 Å². The van der Waals surface area contributed by atoms with Crippen LogP contribution < -0.4 is 21.3 Å². The van der Waals surface area contributed by atoms with E-state index < -0.39 is 0 Å². The van der Waals surface area contributed by atoms with Gasteiger partial charge in [-0.25, -0.2) is 0 Å². The Balaban J connectivity index is 1.41. The third-order valence-electron chi connectivity index (χ3n) is 11.2. The molecule has 4 aromatic heterocycles. The maximum Gasteiger partial charge on any atom is 0.272 e. The number of aryl methyl sites for hydroxylation is 4. The zero-order valence-electron chi connectivity index (χ0n) is 35.3. The highest BCUT2D eigenvalue weighted by molar-refractivity contribution is 5.94. The Hall–Kier alpha value is -6.84. The van der Waals surface area contributed by atoms with Crippen molar-refractivity contribution < 1.29 is 19.2 Å². The van der Waals surface area contributed by atoms with Gasteiger partial charge in [-0.3, -0.25) is 39.6 Å². The lowest BCUT2D eigenvalue weighted by atomic mass is 9.81. The van der Waals surface area contributed by atoms with E-state index in [4.69, 9.17) is 0 Å². The maximum absolute atomic E-state index is 13.2. The Kier molecular flexibility index (Phi) is 12.3. The highest BCUT2D eigenvalue weighted by Crippen LogP contribution is 2.34. The Bertz CT molecular complexity index is 2240. The van der Waals surface area contributed by atoms with Gasteiger partial charge in [-0.1, -0.05) is 0 Å². The molecule has 2 aromatic carbocycles. The number of aromatic amines is 4. The van der Waals surface area contributed by atoms with Crippen LogP contribution in [0.15, 0.2) is 24.3 Å². The van der Waals surface area contributed by atoms with Gasteiger partial charge in [0.25, 0.3) is 23.6 Å². The summed E-state index contributed by atoms with van der Waals surface area (Å²) in [5.41, 5.74) is 16.0. The van der Waals surface area contributed by atoms with Gasteiger partial charge in [-0.05, 0) is 167 Å². The van der Waals surface area contributed by atoms with E-state index in [-0.39, 0.29) is 49.8 Å². The molecule has 0 unspecified atom stereocenters. The molecule has 0 spiro atoms. The van der Waals surface area contributed by atoms with Crippen molar-refractivity contribution in [3.8, 4) is 0 Å². The third-order valence-corrected chi connectivity index (χ3v) is 11.2. The summed E-state index contributed by atoms with van der Waals surface area (Å²) in [6.45, 7) is 20.5. The van der Waals surface area contributed by atoms with Gasteiger partial charge in [-0.15, -0.1) is 0 Å². The number of nitrogens with zero attached hydrogens (tertiary/aromatic N) is 4. The molecule has 0 bridgehead atoms. The molecule has 8 N–H and O–H groups in total. The van der Waals surface area contributed by atoms with Crippen LogP contribution in [-0.2, 0) is 32.6 Å². The second kappa shape index (κ2) is 17.3. The second-order valence-corrected chi connectivity index (χ2v) is 15.3. The largest absolute Gasteiger partial charge is 0.347 e. The number of carbonyl (C=O) groups excluding carboxylic acids is 4. The SMILES string of the molecule is Cc1cc(C(=O)NCc2c(C)c(CNC(=O)c3cc(C)[nH]n3)c(C)c(Cc3c(C)c(CNC(=O)c4cc(C)[nH]n4)c(C)c(CNC(=O)c4cc(C)[nH]n4)c3C)c2C)n[nH]1. The normalized spacial score (nSPS) is 11.2. The number of amides is 4. The van der Waals surface area contributed by atoms with Gasteiger partial charge in [0.05, 0.1) is 0 Å². The first kappa shape index (κ1) is 41.8. The standard InChI is InChI=1S/C43H52N12O4/c1-20-11-36(52-48-20)40(56)44-16-32-24(5)30(25(6)33(28(32)9)17-45-41(57)37-12-21(2)49-53-37)15-31-26(7)34(18-46-42(58)38-13-22(3)50-54-38)29(10)35(27(31)8)19-47-43(59)39-14-23(4)51-55-39/h11-14H,15-19H2,1-10H3,(H,44,56)(H,45,57)(H,46,58)(H,47,59)(H,48,52)(H,49,53)(H,50,54)(H,51,55). The Morgan fingerprint density at radius 3 is 0.763 bits per heavy atom. The van der Waals surface area contributed by atoms with Crippen molar-refractivity contribution in [3.63, 3.8) is 0 Å². The second-order valence-electron chi connectivity index (χ2n) is 15.3. The van der Waals surface area contributed by atoms with Gasteiger partial charge in [0.2, 0.25) is 0 Å². The Morgan fingerprint density at radius 2 is 0.576 bits per heavy atom. The fourth-order valence-electron chi connectivity index (χ4n) is 7.72. The van der Waals surface area contributed by atoms with E-state index in [9.17, 15) is 19.2 Å². The average Bonchev–Trinajstić information content (AvgIpc) is 4.03. The van der Waals surface area contributed by atoms with Crippen LogP contribution in [0, 0.1) is 69.2 Å². The summed E-state index contributed by atoms with van der Waals surface area (Å²) in [4.78, 5) is 52.9. The van der Waals surface area contributed by atoms with Crippen LogP contribution in [0.3, 0.4) is 0 Å². The number of H-pyrrole nitrogens is 4. The molecule has 6 aromatic rings. The van der Waals surface area contributed by atoms with Crippen molar-refractivity contribution in [2.24, 2.45) is 0 Å². The monoisotopic (exact) mass is 800 g/mol. The lowest BCUT2D eigenvalue weighted by Crippen LogP contribution is -2.28. The molecule has 6 rings (SSSR count). The first-order valence-electron chi connectivity index (χ1n) is 19.5. The molecule has 16 heteroatoms. The van der Waals surface area contributed by atoms with E-state index in [0.29, 0.717) is 29.2 Å². The molecule has 0 fully saturated rings. The van der Waals surface area contributed by atoms with Crippen molar-refractivity contribution in [2.75, 3.05) is 0 Å². The fourth-order valence-corrected chi connectivity index (χ4v) is 7.72. The lowest BCUT2D eigenvalue weighted by molar-refractivity contribution is 0.0937. The molecule has 4 amide bonds. The molecule has 308 valence electrons. The highest BCUT2D eigenvalue weighted by atomic mass is 16.2. The number of nitrogens with one attached hydrogen (secondary N) is 8. The Morgan fingerprint density at radius 1 is 0.373 bits per heavy atom. The van der Waals surface area contributed by atoms with Crippen molar-refractivity contribution in [3.05, 3.63) is 137 Å². The lowest BCUT2D eigenvalue weighted by Gasteiger charge is -2.26. The first-order chi connectivity index (χ1) is 28.0. The molecular weight excluding hydrogens is 749 g/mol. The predicted octanol–water partition coefficient (Wildman–Crippen LogP) is 4.97. The summed E-state index contributed by atoms with van der Waals surface area (Å²) in [5.74, 6) is -1.23. The van der Waals surface area contributed by atoms with Crippen LogP contribution in [0.1, 0.15) is 131 Å². The summed E-state index contributed by atoms with van der Waals surface area (Å²) in [6, 6.07) is 6.79. The summed E-state index contributed by atoms with van der Waals surface area (Å²) in [5, 5.41) is 40.1. The van der Waals surface area contributed by atoms with Crippen LogP contribution >= 0.6 is 0 Å². The Labute approximate surface area is 342 Å². The maximum atomic E-state index is 13.2. The smallest absolute Gasteiger partial charge is 0.272 e. The van der Waals surface area contributed by atoms with Gasteiger partial charge in [0.1, 0.15) is 22.8 Å².